The molecule has 2 fully saturated rings. The van der Waals surface area contributed by atoms with Crippen LogP contribution in [0.15, 0.2) is 29.4 Å². The molecule has 1 aromatic heterocycles. The van der Waals surface area contributed by atoms with Crippen molar-refractivity contribution >= 4 is 11.8 Å². The number of rotatable bonds is 6. The first kappa shape index (κ1) is 17.0. The highest BCUT2D eigenvalue weighted by Crippen LogP contribution is 2.28. The van der Waals surface area contributed by atoms with E-state index in [0.717, 1.165) is 67.7 Å². The summed E-state index contributed by atoms with van der Waals surface area (Å²) in [7, 11) is 0. The fourth-order valence-electron chi connectivity index (χ4n) is 3.31. The maximum absolute atomic E-state index is 13.2. The lowest BCUT2D eigenvalue weighted by Gasteiger charge is -2.15. The van der Waals surface area contributed by atoms with Gasteiger partial charge >= 0.3 is 0 Å². The summed E-state index contributed by atoms with van der Waals surface area (Å²) in [5.74, 6) is 1.40. The lowest BCUT2D eigenvalue weighted by atomic mass is 10.2. The first-order valence-electron chi connectivity index (χ1n) is 8.85. The fraction of sp³-hybridized carbons (Fsp3) is 0.556. The number of thioether (sulfide) groups is 1. The molecule has 0 radical (unpaired) electrons. The summed E-state index contributed by atoms with van der Waals surface area (Å²) in [5.41, 5.74) is 0.871. The van der Waals surface area contributed by atoms with Crippen LogP contribution in [0.3, 0.4) is 0 Å². The van der Waals surface area contributed by atoms with Crippen LogP contribution < -0.4 is 0 Å². The molecule has 25 heavy (non-hydrogen) atoms. The number of ether oxygens (including phenoxy) is 2. The second kappa shape index (κ2) is 7.85. The van der Waals surface area contributed by atoms with Gasteiger partial charge in [0, 0.05) is 24.5 Å². The van der Waals surface area contributed by atoms with Gasteiger partial charge in [0.2, 0.25) is 0 Å². The molecule has 2 saturated heterocycles. The van der Waals surface area contributed by atoms with E-state index in [4.69, 9.17) is 9.47 Å². The van der Waals surface area contributed by atoms with Crippen molar-refractivity contribution in [3.63, 3.8) is 0 Å². The summed E-state index contributed by atoms with van der Waals surface area (Å²) in [6, 6.07) is 6.42. The van der Waals surface area contributed by atoms with Gasteiger partial charge in [-0.3, -0.25) is 4.57 Å². The third-order valence-corrected chi connectivity index (χ3v) is 5.75. The molecule has 2 aliphatic rings. The highest BCUT2D eigenvalue weighted by Gasteiger charge is 2.23. The second-order valence-electron chi connectivity index (χ2n) is 6.50. The Hall–Kier alpha value is -1.44. The lowest BCUT2D eigenvalue weighted by molar-refractivity contribution is 0.0953. The Morgan fingerprint density at radius 3 is 2.44 bits per heavy atom. The van der Waals surface area contributed by atoms with Crippen LogP contribution >= 0.6 is 11.8 Å². The zero-order chi connectivity index (χ0) is 17.1. The molecular formula is C18H22FN3O2S. The van der Waals surface area contributed by atoms with E-state index >= 15 is 0 Å². The van der Waals surface area contributed by atoms with Crippen molar-refractivity contribution in [1.29, 1.82) is 0 Å². The number of halogens is 1. The van der Waals surface area contributed by atoms with Crippen LogP contribution in [0.1, 0.15) is 25.7 Å². The van der Waals surface area contributed by atoms with Gasteiger partial charge in [0.05, 0.1) is 18.8 Å². The average molecular weight is 363 g/mol. The molecule has 0 bridgehead atoms. The average Bonchev–Trinajstić information content (AvgIpc) is 3.37. The van der Waals surface area contributed by atoms with Crippen LogP contribution in [-0.4, -0.2) is 45.9 Å². The van der Waals surface area contributed by atoms with Crippen molar-refractivity contribution in [2.75, 3.05) is 19.0 Å². The molecule has 1 aromatic carbocycles. The van der Waals surface area contributed by atoms with Gasteiger partial charge in [0.25, 0.3) is 0 Å². The molecule has 3 heterocycles. The number of hydrogen-bond acceptors (Lipinski definition) is 5. The second-order valence-corrected chi connectivity index (χ2v) is 7.49. The van der Waals surface area contributed by atoms with Crippen molar-refractivity contribution in [2.24, 2.45) is 0 Å². The van der Waals surface area contributed by atoms with Crippen LogP contribution in [0.2, 0.25) is 0 Å². The van der Waals surface area contributed by atoms with Gasteiger partial charge in [-0.1, -0.05) is 11.8 Å². The van der Waals surface area contributed by atoms with Gasteiger partial charge in [-0.05, 0) is 49.9 Å². The summed E-state index contributed by atoms with van der Waals surface area (Å²) >= 11 is 1.68. The molecule has 0 saturated carbocycles. The fourth-order valence-corrected chi connectivity index (χ4v) is 4.32. The molecule has 2 aliphatic heterocycles. The SMILES string of the molecule is Fc1ccc(-c2nnc(SC[C@H]3CCCO3)n2C[C@@H]2CCCO2)cc1. The number of hydrogen-bond donors (Lipinski definition) is 0. The van der Waals surface area contributed by atoms with E-state index in [9.17, 15) is 4.39 Å². The van der Waals surface area contributed by atoms with E-state index in [0.29, 0.717) is 6.10 Å². The largest absolute Gasteiger partial charge is 0.377 e. The Kier molecular flexibility index (Phi) is 5.33. The minimum Gasteiger partial charge on any atom is -0.377 e. The van der Waals surface area contributed by atoms with Gasteiger partial charge in [-0.25, -0.2) is 4.39 Å². The molecule has 0 aliphatic carbocycles. The van der Waals surface area contributed by atoms with Crippen molar-refractivity contribution in [1.82, 2.24) is 14.8 Å². The topological polar surface area (TPSA) is 49.2 Å². The van der Waals surface area contributed by atoms with E-state index in [1.54, 1.807) is 23.9 Å². The van der Waals surface area contributed by atoms with Crippen LogP contribution in [0.4, 0.5) is 4.39 Å². The van der Waals surface area contributed by atoms with Crippen molar-refractivity contribution in [3.05, 3.63) is 30.1 Å². The van der Waals surface area contributed by atoms with Gasteiger partial charge in [-0.15, -0.1) is 10.2 Å². The third-order valence-electron chi connectivity index (χ3n) is 4.65. The zero-order valence-corrected chi connectivity index (χ0v) is 14.9. The first-order valence-corrected chi connectivity index (χ1v) is 9.83. The Labute approximate surface area is 150 Å². The van der Waals surface area contributed by atoms with E-state index < -0.39 is 0 Å². The third kappa shape index (κ3) is 4.04. The zero-order valence-electron chi connectivity index (χ0n) is 14.1. The molecular weight excluding hydrogens is 341 g/mol. The van der Waals surface area contributed by atoms with Crippen LogP contribution in [-0.2, 0) is 16.0 Å². The number of benzene rings is 1. The molecule has 134 valence electrons. The monoisotopic (exact) mass is 363 g/mol. The minimum atomic E-state index is -0.248. The van der Waals surface area contributed by atoms with E-state index in [2.05, 4.69) is 14.8 Å². The highest BCUT2D eigenvalue weighted by molar-refractivity contribution is 7.99. The Bertz CT molecular complexity index is 695. The van der Waals surface area contributed by atoms with Crippen LogP contribution in [0.25, 0.3) is 11.4 Å². The Morgan fingerprint density at radius 2 is 1.76 bits per heavy atom. The normalized spacial score (nSPS) is 23.4. The molecule has 0 unspecified atom stereocenters. The molecule has 0 N–H and O–H groups in total. The maximum Gasteiger partial charge on any atom is 0.191 e. The smallest absolute Gasteiger partial charge is 0.191 e. The van der Waals surface area contributed by atoms with Crippen LogP contribution in [0.5, 0.6) is 0 Å². The predicted octanol–water partition coefficient (Wildman–Crippen LogP) is 3.53. The van der Waals surface area contributed by atoms with Gasteiger partial charge in [-0.2, -0.15) is 0 Å². The van der Waals surface area contributed by atoms with Gasteiger partial charge in [0.15, 0.2) is 11.0 Å². The molecule has 2 aromatic rings. The maximum atomic E-state index is 13.2. The lowest BCUT2D eigenvalue weighted by Crippen LogP contribution is -2.17. The van der Waals surface area contributed by atoms with E-state index in [-0.39, 0.29) is 11.9 Å². The molecule has 2 atom stereocenters. The minimum absolute atomic E-state index is 0.192. The van der Waals surface area contributed by atoms with Gasteiger partial charge < -0.3 is 9.47 Å². The molecule has 5 nitrogen and oxygen atoms in total. The summed E-state index contributed by atoms with van der Waals surface area (Å²) in [6.45, 7) is 2.40. The Morgan fingerprint density at radius 1 is 1.04 bits per heavy atom. The summed E-state index contributed by atoms with van der Waals surface area (Å²) in [5, 5.41) is 9.65. The summed E-state index contributed by atoms with van der Waals surface area (Å²) in [4.78, 5) is 0. The highest BCUT2D eigenvalue weighted by atomic mass is 32.2. The molecule has 0 amide bonds. The van der Waals surface area contributed by atoms with Crippen molar-refractivity contribution in [2.45, 2.75) is 49.6 Å². The summed E-state index contributed by atoms with van der Waals surface area (Å²) in [6.07, 6.45) is 4.88. The van der Waals surface area contributed by atoms with Crippen molar-refractivity contribution in [3.8, 4) is 11.4 Å². The number of aromatic nitrogens is 3. The molecule has 0 spiro atoms. The molecule has 4 rings (SSSR count). The predicted molar refractivity (Wildman–Crippen MR) is 94.1 cm³/mol. The Balaban J connectivity index is 1.57. The number of nitrogens with zero attached hydrogens (tertiary/aromatic N) is 3. The quantitative estimate of drug-likeness (QED) is 0.735. The van der Waals surface area contributed by atoms with Crippen LogP contribution in [0, 0.1) is 5.82 Å². The first-order chi connectivity index (χ1) is 12.3. The molecule has 7 heteroatoms. The van der Waals surface area contributed by atoms with Gasteiger partial charge in [0.1, 0.15) is 5.82 Å². The summed E-state index contributed by atoms with van der Waals surface area (Å²) < 4.78 is 26.9. The van der Waals surface area contributed by atoms with Crippen molar-refractivity contribution < 1.29 is 13.9 Å². The standard InChI is InChI=1S/C18H22FN3O2S/c19-14-7-5-13(6-8-14)17-20-21-18(25-12-16-4-2-10-24-16)22(17)11-15-3-1-9-23-15/h5-8,15-16H,1-4,9-12H2/t15-,16+/m0/s1. The van der Waals surface area contributed by atoms with E-state index in [1.807, 2.05) is 0 Å². The van der Waals surface area contributed by atoms with E-state index in [1.165, 1.54) is 12.1 Å².